The Bertz CT molecular complexity index is 359. The molecule has 0 unspecified atom stereocenters. The zero-order chi connectivity index (χ0) is 14.8. The lowest BCUT2D eigenvalue weighted by molar-refractivity contribution is 0.133. The van der Waals surface area contributed by atoms with Crippen LogP contribution in [0, 0.1) is 13.8 Å². The molecule has 3 nitrogen and oxygen atoms in total. The Kier molecular flexibility index (Phi) is 8.31. The number of nitrogens with one attached hydrogen (secondary N) is 1. The normalized spacial score (nSPS) is 10.8. The first-order chi connectivity index (χ1) is 9.63. The third-order valence-corrected chi connectivity index (χ3v) is 3.34. The van der Waals surface area contributed by atoms with Crippen molar-refractivity contribution in [1.82, 2.24) is 5.32 Å². The second-order valence-corrected chi connectivity index (χ2v) is 5.48. The summed E-state index contributed by atoms with van der Waals surface area (Å²) >= 11 is 0. The third-order valence-electron chi connectivity index (χ3n) is 3.34. The fraction of sp³-hybridized carbons (Fsp3) is 0.647. The molecule has 1 aromatic carbocycles. The molecular weight excluding hydrogens is 248 g/mol. The number of aryl methyl sites for hydroxylation is 2. The molecule has 0 aromatic heterocycles. The van der Waals surface area contributed by atoms with Crippen molar-refractivity contribution in [2.75, 3.05) is 44.8 Å². The Balaban J connectivity index is 2.15. The zero-order valence-electron chi connectivity index (χ0n) is 13.5. The van der Waals surface area contributed by atoms with E-state index in [4.69, 9.17) is 4.74 Å². The van der Waals surface area contributed by atoms with Crippen molar-refractivity contribution >= 4 is 5.69 Å². The lowest BCUT2D eigenvalue weighted by Gasteiger charge is -2.20. The van der Waals surface area contributed by atoms with Crippen LogP contribution in [-0.2, 0) is 4.74 Å². The van der Waals surface area contributed by atoms with E-state index in [9.17, 15) is 0 Å². The number of hydrogen-bond acceptors (Lipinski definition) is 3. The van der Waals surface area contributed by atoms with Crippen LogP contribution in [0.5, 0.6) is 0 Å². The van der Waals surface area contributed by atoms with Gasteiger partial charge in [-0.15, -0.1) is 0 Å². The molecule has 0 aliphatic heterocycles. The van der Waals surface area contributed by atoms with Crippen LogP contribution >= 0.6 is 0 Å². The number of unbranched alkanes of at least 4 members (excludes halogenated alkanes) is 1. The minimum atomic E-state index is 0.813. The second-order valence-electron chi connectivity index (χ2n) is 5.48. The van der Waals surface area contributed by atoms with Crippen molar-refractivity contribution < 1.29 is 4.74 Å². The molecule has 1 aromatic rings. The summed E-state index contributed by atoms with van der Waals surface area (Å²) in [6.07, 6.45) is 2.36. The Hall–Kier alpha value is -1.06. The first kappa shape index (κ1) is 17.0. The Morgan fingerprint density at radius 1 is 1.05 bits per heavy atom. The summed E-state index contributed by atoms with van der Waals surface area (Å²) in [5, 5.41) is 3.43. The maximum atomic E-state index is 5.52. The molecule has 0 spiro atoms. The summed E-state index contributed by atoms with van der Waals surface area (Å²) in [6, 6.07) is 6.69. The summed E-state index contributed by atoms with van der Waals surface area (Å²) in [6.45, 7) is 11.1. The molecule has 0 saturated carbocycles. The largest absolute Gasteiger partial charge is 0.380 e. The lowest BCUT2D eigenvalue weighted by atomic mass is 10.1. The molecule has 0 bridgehead atoms. The van der Waals surface area contributed by atoms with Gasteiger partial charge in [-0.3, -0.25) is 0 Å². The average molecular weight is 278 g/mol. The summed E-state index contributed by atoms with van der Waals surface area (Å²) in [5.41, 5.74) is 3.94. The first-order valence-electron chi connectivity index (χ1n) is 7.71. The number of anilines is 1. The van der Waals surface area contributed by atoms with Crippen LogP contribution in [0.15, 0.2) is 18.2 Å². The van der Waals surface area contributed by atoms with Gasteiger partial charge in [0, 0.05) is 39.0 Å². The average Bonchev–Trinajstić information content (AvgIpc) is 2.40. The Morgan fingerprint density at radius 3 is 2.40 bits per heavy atom. The van der Waals surface area contributed by atoms with E-state index < -0.39 is 0 Å². The molecule has 0 radical (unpaired) electrons. The molecule has 114 valence electrons. The van der Waals surface area contributed by atoms with Gasteiger partial charge in [-0.25, -0.2) is 0 Å². The van der Waals surface area contributed by atoms with Crippen LogP contribution in [0.1, 0.15) is 30.9 Å². The van der Waals surface area contributed by atoms with Crippen LogP contribution in [0.3, 0.4) is 0 Å². The molecule has 0 aliphatic carbocycles. The highest BCUT2D eigenvalue weighted by Crippen LogP contribution is 2.16. The van der Waals surface area contributed by atoms with Crippen LogP contribution in [0.25, 0.3) is 0 Å². The van der Waals surface area contributed by atoms with Crippen LogP contribution in [0.4, 0.5) is 5.69 Å². The van der Waals surface area contributed by atoms with Crippen molar-refractivity contribution in [1.29, 1.82) is 0 Å². The van der Waals surface area contributed by atoms with Crippen molar-refractivity contribution in [2.24, 2.45) is 0 Å². The maximum Gasteiger partial charge on any atom is 0.0590 e. The summed E-state index contributed by atoms with van der Waals surface area (Å²) in [5.74, 6) is 0. The van der Waals surface area contributed by atoms with Gasteiger partial charge in [-0.05, 0) is 43.5 Å². The fourth-order valence-electron chi connectivity index (χ4n) is 2.16. The molecule has 0 aliphatic rings. The summed E-state index contributed by atoms with van der Waals surface area (Å²) < 4.78 is 5.52. The first-order valence-corrected chi connectivity index (χ1v) is 7.71. The Morgan fingerprint density at radius 2 is 1.75 bits per heavy atom. The van der Waals surface area contributed by atoms with Crippen molar-refractivity contribution in [3.05, 3.63) is 29.3 Å². The van der Waals surface area contributed by atoms with E-state index in [0.717, 1.165) is 39.3 Å². The standard InChI is InChI=1S/C17H30N2O/c1-5-6-10-20-11-8-18-7-9-19(4)17-13-15(2)12-16(3)14-17/h12-14,18H,5-11H2,1-4H3. The fourth-order valence-corrected chi connectivity index (χ4v) is 2.16. The van der Waals surface area contributed by atoms with Crippen LogP contribution < -0.4 is 10.2 Å². The van der Waals surface area contributed by atoms with Crippen LogP contribution in [0.2, 0.25) is 0 Å². The smallest absolute Gasteiger partial charge is 0.0590 e. The molecular formula is C17H30N2O. The topological polar surface area (TPSA) is 24.5 Å². The van der Waals surface area contributed by atoms with E-state index in [1.54, 1.807) is 0 Å². The number of benzene rings is 1. The van der Waals surface area contributed by atoms with Crippen molar-refractivity contribution in [3.8, 4) is 0 Å². The highest BCUT2D eigenvalue weighted by molar-refractivity contribution is 5.50. The second kappa shape index (κ2) is 9.78. The lowest BCUT2D eigenvalue weighted by Crippen LogP contribution is -2.31. The molecule has 20 heavy (non-hydrogen) atoms. The molecule has 0 amide bonds. The minimum Gasteiger partial charge on any atom is -0.380 e. The van der Waals surface area contributed by atoms with Gasteiger partial charge < -0.3 is 15.0 Å². The molecule has 0 atom stereocenters. The van der Waals surface area contributed by atoms with Gasteiger partial charge in [-0.1, -0.05) is 19.4 Å². The van der Waals surface area contributed by atoms with Gasteiger partial charge in [0.1, 0.15) is 0 Å². The van der Waals surface area contributed by atoms with Gasteiger partial charge in [0.2, 0.25) is 0 Å². The van der Waals surface area contributed by atoms with Crippen molar-refractivity contribution in [3.63, 3.8) is 0 Å². The highest BCUT2D eigenvalue weighted by atomic mass is 16.5. The number of hydrogen-bond donors (Lipinski definition) is 1. The zero-order valence-corrected chi connectivity index (χ0v) is 13.5. The summed E-state index contributed by atoms with van der Waals surface area (Å²) in [7, 11) is 2.15. The van der Waals surface area contributed by atoms with E-state index in [1.807, 2.05) is 0 Å². The third kappa shape index (κ3) is 6.92. The Labute approximate surface area is 124 Å². The molecule has 0 fully saturated rings. The SMILES string of the molecule is CCCCOCCNCCN(C)c1cc(C)cc(C)c1. The number of nitrogens with zero attached hydrogens (tertiary/aromatic N) is 1. The van der Waals surface area contributed by atoms with E-state index in [-0.39, 0.29) is 0 Å². The predicted molar refractivity (Wildman–Crippen MR) is 87.8 cm³/mol. The number of ether oxygens (including phenoxy) is 1. The number of likely N-dealkylation sites (N-methyl/N-ethyl adjacent to an activating group) is 1. The van der Waals surface area contributed by atoms with E-state index >= 15 is 0 Å². The van der Waals surface area contributed by atoms with Gasteiger partial charge in [0.25, 0.3) is 0 Å². The molecule has 3 heteroatoms. The number of rotatable bonds is 10. The predicted octanol–water partition coefficient (Wildman–Crippen LogP) is 3.15. The van der Waals surface area contributed by atoms with Gasteiger partial charge in [0.05, 0.1) is 6.61 Å². The van der Waals surface area contributed by atoms with E-state index in [1.165, 1.54) is 23.2 Å². The highest BCUT2D eigenvalue weighted by Gasteiger charge is 2.01. The summed E-state index contributed by atoms with van der Waals surface area (Å²) in [4.78, 5) is 2.30. The molecule has 1 N–H and O–H groups in total. The van der Waals surface area contributed by atoms with Crippen molar-refractivity contribution in [2.45, 2.75) is 33.6 Å². The van der Waals surface area contributed by atoms with Gasteiger partial charge in [0.15, 0.2) is 0 Å². The monoisotopic (exact) mass is 278 g/mol. The van der Waals surface area contributed by atoms with Gasteiger partial charge >= 0.3 is 0 Å². The molecule has 0 heterocycles. The molecule has 1 rings (SSSR count). The van der Waals surface area contributed by atoms with E-state index in [0.29, 0.717) is 0 Å². The van der Waals surface area contributed by atoms with E-state index in [2.05, 4.69) is 56.2 Å². The van der Waals surface area contributed by atoms with Crippen LogP contribution in [-0.4, -0.2) is 39.9 Å². The molecule has 0 saturated heterocycles. The quantitative estimate of drug-likeness (QED) is 0.665. The van der Waals surface area contributed by atoms with Gasteiger partial charge in [-0.2, -0.15) is 0 Å². The maximum absolute atomic E-state index is 5.52. The minimum absolute atomic E-state index is 0.813.